The molecular weight excluding hydrogens is 434 g/mol. The summed E-state index contributed by atoms with van der Waals surface area (Å²) in [5, 5.41) is 0. The van der Waals surface area contributed by atoms with Crippen molar-refractivity contribution >= 4 is 5.91 Å². The zero-order valence-corrected chi connectivity index (χ0v) is 19.2. The Morgan fingerprint density at radius 3 is 2.00 bits per heavy atom. The van der Waals surface area contributed by atoms with Crippen LogP contribution in [0.3, 0.4) is 0 Å². The molecule has 34 heavy (non-hydrogen) atoms. The first kappa shape index (κ1) is 24.0. The van der Waals surface area contributed by atoms with Gasteiger partial charge < -0.3 is 9.64 Å². The first-order valence-electron chi connectivity index (χ1n) is 11.7. The number of aryl methyl sites for hydroxylation is 1. The number of piperazine rings is 1. The van der Waals surface area contributed by atoms with E-state index >= 15 is 0 Å². The van der Waals surface area contributed by atoms with Gasteiger partial charge in [-0.05, 0) is 53.8 Å². The van der Waals surface area contributed by atoms with Crippen molar-refractivity contribution in [3.05, 3.63) is 107 Å². The molecule has 178 valence electrons. The third kappa shape index (κ3) is 6.72. The Hall–Kier alpha value is -3.09. The van der Waals surface area contributed by atoms with E-state index in [0.717, 1.165) is 37.1 Å². The van der Waals surface area contributed by atoms with Crippen molar-refractivity contribution < 1.29 is 18.3 Å². The fraction of sp³-hybridized carbons (Fsp3) is 0.321. The van der Waals surface area contributed by atoms with E-state index in [1.165, 1.54) is 29.8 Å². The lowest BCUT2D eigenvalue weighted by molar-refractivity contribution is -0.136. The highest BCUT2D eigenvalue weighted by molar-refractivity contribution is 5.79. The number of halogens is 2. The van der Waals surface area contributed by atoms with Crippen molar-refractivity contribution in [3.63, 3.8) is 0 Å². The van der Waals surface area contributed by atoms with Crippen molar-refractivity contribution in [1.82, 2.24) is 9.80 Å². The zero-order valence-electron chi connectivity index (χ0n) is 19.2. The molecule has 1 amide bonds. The van der Waals surface area contributed by atoms with Gasteiger partial charge in [0.15, 0.2) is 0 Å². The van der Waals surface area contributed by atoms with E-state index in [1.54, 1.807) is 24.3 Å². The number of amides is 1. The Kier molecular flexibility index (Phi) is 8.39. The molecule has 0 atom stereocenters. The predicted octanol–water partition coefficient (Wildman–Crippen LogP) is 4.85. The Balaban J connectivity index is 1.26. The van der Waals surface area contributed by atoms with Crippen LogP contribution in [0.4, 0.5) is 8.78 Å². The number of carbonyl (C=O) groups excluding carboxylic acids is 1. The van der Waals surface area contributed by atoms with Crippen molar-refractivity contribution in [2.45, 2.75) is 18.9 Å². The number of hydrogen-bond donors (Lipinski definition) is 0. The fourth-order valence-electron chi connectivity index (χ4n) is 4.26. The van der Waals surface area contributed by atoms with Gasteiger partial charge in [-0.15, -0.1) is 0 Å². The van der Waals surface area contributed by atoms with Crippen LogP contribution in [0, 0.1) is 11.6 Å². The highest BCUT2D eigenvalue weighted by Crippen LogP contribution is 2.26. The molecular formula is C28H30F2N2O2. The van der Waals surface area contributed by atoms with Crippen LogP contribution in [0.15, 0.2) is 78.9 Å². The van der Waals surface area contributed by atoms with Crippen LogP contribution < -0.4 is 0 Å². The van der Waals surface area contributed by atoms with Crippen molar-refractivity contribution in [3.8, 4) is 0 Å². The molecule has 6 heteroatoms. The number of carbonyl (C=O) groups is 1. The molecule has 1 aliphatic heterocycles. The van der Waals surface area contributed by atoms with Crippen LogP contribution >= 0.6 is 0 Å². The Labute approximate surface area is 199 Å². The SMILES string of the molecule is O=C1CN(CCOC(c2ccc(F)cc2)c2ccc(F)cc2)CCN1CCCc1ccccc1. The van der Waals surface area contributed by atoms with E-state index in [2.05, 4.69) is 17.0 Å². The Morgan fingerprint density at radius 1 is 0.794 bits per heavy atom. The van der Waals surface area contributed by atoms with Gasteiger partial charge in [0.25, 0.3) is 0 Å². The second-order valence-electron chi connectivity index (χ2n) is 8.60. The fourth-order valence-corrected chi connectivity index (χ4v) is 4.26. The molecule has 0 aliphatic carbocycles. The van der Waals surface area contributed by atoms with Crippen LogP contribution in [0.1, 0.15) is 29.2 Å². The molecule has 0 radical (unpaired) electrons. The number of hydrogen-bond acceptors (Lipinski definition) is 3. The second kappa shape index (κ2) is 11.9. The average molecular weight is 465 g/mol. The number of benzene rings is 3. The van der Waals surface area contributed by atoms with Gasteiger partial charge in [-0.1, -0.05) is 54.6 Å². The molecule has 3 aromatic rings. The maximum atomic E-state index is 13.4. The van der Waals surface area contributed by atoms with Crippen molar-refractivity contribution in [2.24, 2.45) is 0 Å². The van der Waals surface area contributed by atoms with E-state index < -0.39 is 6.10 Å². The summed E-state index contributed by atoms with van der Waals surface area (Å²) in [4.78, 5) is 16.7. The standard InChI is InChI=1S/C28H30F2N2O2/c29-25-12-8-23(9-13-25)28(24-10-14-26(30)15-11-24)34-20-19-31-17-18-32(27(33)21-31)16-4-7-22-5-2-1-3-6-22/h1-3,5-6,8-15,28H,4,7,16-21H2. The van der Waals surface area contributed by atoms with Crippen molar-refractivity contribution in [1.29, 1.82) is 0 Å². The van der Waals surface area contributed by atoms with Gasteiger partial charge in [-0.3, -0.25) is 9.69 Å². The first-order chi connectivity index (χ1) is 16.6. The van der Waals surface area contributed by atoms with Gasteiger partial charge >= 0.3 is 0 Å². The van der Waals surface area contributed by atoms with Gasteiger partial charge in [0.2, 0.25) is 5.91 Å². The molecule has 0 aromatic heterocycles. The molecule has 0 N–H and O–H groups in total. The predicted molar refractivity (Wildman–Crippen MR) is 128 cm³/mol. The van der Waals surface area contributed by atoms with Gasteiger partial charge in [-0.2, -0.15) is 0 Å². The molecule has 3 aromatic carbocycles. The minimum atomic E-state index is -0.434. The smallest absolute Gasteiger partial charge is 0.236 e. The topological polar surface area (TPSA) is 32.8 Å². The minimum Gasteiger partial charge on any atom is -0.367 e. The maximum absolute atomic E-state index is 13.4. The summed E-state index contributed by atoms with van der Waals surface area (Å²) in [5.74, 6) is -0.489. The molecule has 1 fully saturated rings. The summed E-state index contributed by atoms with van der Waals surface area (Å²) in [7, 11) is 0. The monoisotopic (exact) mass is 464 g/mol. The summed E-state index contributed by atoms with van der Waals surface area (Å²) < 4.78 is 33.0. The summed E-state index contributed by atoms with van der Waals surface area (Å²) in [6, 6.07) is 22.6. The molecule has 0 spiro atoms. The van der Waals surface area contributed by atoms with Crippen LogP contribution in [0.2, 0.25) is 0 Å². The molecule has 0 unspecified atom stereocenters. The van der Waals surface area contributed by atoms with E-state index in [9.17, 15) is 13.6 Å². The van der Waals surface area contributed by atoms with E-state index in [1.807, 2.05) is 23.1 Å². The molecule has 0 bridgehead atoms. The Bertz CT molecular complexity index is 997. The lowest BCUT2D eigenvalue weighted by Gasteiger charge is -2.34. The number of nitrogens with zero attached hydrogens (tertiary/aromatic N) is 2. The van der Waals surface area contributed by atoms with E-state index in [0.29, 0.717) is 26.2 Å². The highest BCUT2D eigenvalue weighted by Gasteiger charge is 2.24. The highest BCUT2D eigenvalue weighted by atomic mass is 19.1. The summed E-state index contributed by atoms with van der Waals surface area (Å²) >= 11 is 0. The second-order valence-corrected chi connectivity index (χ2v) is 8.60. The molecule has 4 nitrogen and oxygen atoms in total. The van der Waals surface area contributed by atoms with E-state index in [-0.39, 0.29) is 17.5 Å². The largest absolute Gasteiger partial charge is 0.367 e. The van der Waals surface area contributed by atoms with Crippen molar-refractivity contribution in [2.75, 3.05) is 39.3 Å². The summed E-state index contributed by atoms with van der Waals surface area (Å²) in [6.45, 7) is 3.69. The third-order valence-electron chi connectivity index (χ3n) is 6.17. The quantitative estimate of drug-likeness (QED) is 0.430. The molecule has 1 aliphatic rings. The van der Waals surface area contributed by atoms with Crippen LogP contribution in [0.5, 0.6) is 0 Å². The lowest BCUT2D eigenvalue weighted by Crippen LogP contribution is -2.51. The van der Waals surface area contributed by atoms with Crippen LogP contribution in [-0.4, -0.2) is 55.0 Å². The zero-order chi connectivity index (χ0) is 23.8. The number of rotatable bonds is 10. The van der Waals surface area contributed by atoms with E-state index in [4.69, 9.17) is 4.74 Å². The maximum Gasteiger partial charge on any atom is 0.236 e. The Morgan fingerprint density at radius 2 is 1.41 bits per heavy atom. The first-order valence-corrected chi connectivity index (χ1v) is 11.7. The molecule has 1 saturated heterocycles. The van der Waals surface area contributed by atoms with Crippen LogP contribution in [-0.2, 0) is 16.0 Å². The normalized spacial score (nSPS) is 14.7. The number of ether oxygens (including phenoxy) is 1. The summed E-state index contributed by atoms with van der Waals surface area (Å²) in [5.41, 5.74) is 2.89. The lowest BCUT2D eigenvalue weighted by atomic mass is 10.0. The molecule has 1 heterocycles. The van der Waals surface area contributed by atoms with Gasteiger partial charge in [-0.25, -0.2) is 8.78 Å². The third-order valence-corrected chi connectivity index (χ3v) is 6.17. The minimum absolute atomic E-state index is 0.146. The summed E-state index contributed by atoms with van der Waals surface area (Å²) in [6.07, 6.45) is 1.49. The van der Waals surface area contributed by atoms with Crippen LogP contribution in [0.25, 0.3) is 0 Å². The van der Waals surface area contributed by atoms with Gasteiger partial charge in [0.05, 0.1) is 13.2 Å². The average Bonchev–Trinajstić information content (AvgIpc) is 2.85. The van der Waals surface area contributed by atoms with Gasteiger partial charge in [0, 0.05) is 26.2 Å². The molecule has 0 saturated carbocycles. The van der Waals surface area contributed by atoms with Gasteiger partial charge in [0.1, 0.15) is 17.7 Å². The molecule has 4 rings (SSSR count).